The molecule has 2 rings (SSSR count). The summed E-state index contributed by atoms with van der Waals surface area (Å²) in [6.45, 7) is 0. The number of carbonyl (C=O) groups excluding carboxylic acids is 1. The lowest BCUT2D eigenvalue weighted by Crippen LogP contribution is -2.68. The first-order valence-electron chi connectivity index (χ1n) is 3.19. The first kappa shape index (κ1) is 5.23. The third kappa shape index (κ3) is 0.580. The van der Waals surface area contributed by atoms with Crippen LogP contribution in [0.15, 0.2) is 0 Å². The van der Waals surface area contributed by atoms with E-state index < -0.39 is 0 Å². The number of aliphatic hydroxyl groups excluding tert-OH is 1. The molecule has 50 valence electrons. The Morgan fingerprint density at radius 1 is 1.67 bits per heavy atom. The zero-order valence-electron chi connectivity index (χ0n) is 5.05. The zero-order valence-corrected chi connectivity index (χ0v) is 5.05. The van der Waals surface area contributed by atoms with E-state index in [0.717, 1.165) is 12.8 Å². The maximum absolute atomic E-state index is 10.4. The molecule has 2 aliphatic rings. The van der Waals surface area contributed by atoms with Crippen molar-refractivity contribution in [3.8, 4) is 0 Å². The SMILES string of the molecule is O=C1CC2(CC(O)C2)N1. The van der Waals surface area contributed by atoms with Gasteiger partial charge in [-0.3, -0.25) is 4.79 Å². The fourth-order valence-corrected chi connectivity index (χ4v) is 1.67. The number of hydrogen-bond acceptors (Lipinski definition) is 2. The topological polar surface area (TPSA) is 49.3 Å². The smallest absolute Gasteiger partial charge is 0.222 e. The van der Waals surface area contributed by atoms with Gasteiger partial charge >= 0.3 is 0 Å². The number of hydrogen-bond donors (Lipinski definition) is 2. The summed E-state index contributed by atoms with van der Waals surface area (Å²) in [6.07, 6.45) is 1.99. The number of carbonyl (C=O) groups is 1. The largest absolute Gasteiger partial charge is 0.393 e. The lowest BCUT2D eigenvalue weighted by atomic mass is 9.67. The number of aliphatic hydroxyl groups is 1. The lowest BCUT2D eigenvalue weighted by molar-refractivity contribution is -0.142. The van der Waals surface area contributed by atoms with Gasteiger partial charge in [-0.15, -0.1) is 0 Å². The van der Waals surface area contributed by atoms with Gasteiger partial charge in [0, 0.05) is 6.42 Å². The standard InChI is InChI=1S/C6H9NO2/c8-4-1-6(2-4)3-5(9)7-6/h4,8H,1-3H2,(H,7,9). The molecule has 1 aliphatic carbocycles. The summed E-state index contributed by atoms with van der Waals surface area (Å²) in [6, 6.07) is 0. The van der Waals surface area contributed by atoms with Gasteiger partial charge in [-0.2, -0.15) is 0 Å². The van der Waals surface area contributed by atoms with E-state index in [2.05, 4.69) is 5.32 Å². The molecule has 1 saturated carbocycles. The normalized spacial score (nSPS) is 47.7. The van der Waals surface area contributed by atoms with Crippen molar-refractivity contribution in [1.29, 1.82) is 0 Å². The summed E-state index contributed by atoms with van der Waals surface area (Å²) in [5.41, 5.74) is 0.0382. The molecule has 0 radical (unpaired) electrons. The summed E-state index contributed by atoms with van der Waals surface area (Å²) in [7, 11) is 0. The Kier molecular flexibility index (Phi) is 0.750. The predicted molar refractivity (Wildman–Crippen MR) is 30.7 cm³/mol. The fraction of sp³-hybridized carbons (Fsp3) is 0.833. The molecule has 3 nitrogen and oxygen atoms in total. The van der Waals surface area contributed by atoms with Crippen LogP contribution in [-0.2, 0) is 4.79 Å². The second kappa shape index (κ2) is 1.29. The molecule has 2 fully saturated rings. The van der Waals surface area contributed by atoms with Crippen LogP contribution in [0.4, 0.5) is 0 Å². The van der Waals surface area contributed by atoms with Gasteiger partial charge in [-0.05, 0) is 12.8 Å². The average molecular weight is 127 g/mol. The van der Waals surface area contributed by atoms with E-state index in [0.29, 0.717) is 6.42 Å². The van der Waals surface area contributed by atoms with Crippen molar-refractivity contribution >= 4 is 5.91 Å². The molecule has 9 heavy (non-hydrogen) atoms. The van der Waals surface area contributed by atoms with Crippen LogP contribution in [0.25, 0.3) is 0 Å². The van der Waals surface area contributed by atoms with Gasteiger partial charge in [0.15, 0.2) is 0 Å². The Hall–Kier alpha value is -0.570. The Balaban J connectivity index is 1.94. The van der Waals surface area contributed by atoms with Crippen molar-refractivity contribution < 1.29 is 9.90 Å². The summed E-state index contributed by atoms with van der Waals surface area (Å²) in [5, 5.41) is 11.7. The van der Waals surface area contributed by atoms with Crippen LogP contribution in [0.5, 0.6) is 0 Å². The van der Waals surface area contributed by atoms with E-state index in [1.165, 1.54) is 0 Å². The fourth-order valence-electron chi connectivity index (χ4n) is 1.67. The first-order chi connectivity index (χ1) is 4.20. The minimum Gasteiger partial charge on any atom is -0.393 e. The maximum atomic E-state index is 10.4. The Bertz CT molecular complexity index is 150. The van der Waals surface area contributed by atoms with Crippen molar-refractivity contribution in [1.82, 2.24) is 5.32 Å². The van der Waals surface area contributed by atoms with E-state index >= 15 is 0 Å². The van der Waals surface area contributed by atoms with E-state index in [9.17, 15) is 4.79 Å². The van der Waals surface area contributed by atoms with Crippen LogP contribution in [0.2, 0.25) is 0 Å². The third-order valence-electron chi connectivity index (χ3n) is 2.16. The van der Waals surface area contributed by atoms with Crippen LogP contribution < -0.4 is 5.32 Å². The summed E-state index contributed by atoms with van der Waals surface area (Å²) >= 11 is 0. The van der Waals surface area contributed by atoms with Crippen molar-refractivity contribution in [2.24, 2.45) is 0 Å². The molecule has 1 heterocycles. The van der Waals surface area contributed by atoms with E-state index in [1.54, 1.807) is 0 Å². The van der Waals surface area contributed by atoms with Gasteiger partial charge in [0.25, 0.3) is 0 Å². The number of amides is 1. The minimum absolute atomic E-state index is 0.0382. The molecule has 1 spiro atoms. The molecule has 0 atom stereocenters. The molecule has 0 aromatic rings. The van der Waals surface area contributed by atoms with Crippen LogP contribution in [0.3, 0.4) is 0 Å². The van der Waals surface area contributed by atoms with E-state index in [1.807, 2.05) is 0 Å². The van der Waals surface area contributed by atoms with Gasteiger partial charge < -0.3 is 10.4 Å². The highest BCUT2D eigenvalue weighted by Crippen LogP contribution is 2.40. The molecular formula is C6H9NO2. The van der Waals surface area contributed by atoms with Crippen molar-refractivity contribution in [2.45, 2.75) is 30.9 Å². The molecule has 0 bridgehead atoms. The van der Waals surface area contributed by atoms with E-state index in [4.69, 9.17) is 5.11 Å². The first-order valence-corrected chi connectivity index (χ1v) is 3.19. The Morgan fingerprint density at radius 3 is 2.56 bits per heavy atom. The average Bonchev–Trinajstić information content (AvgIpc) is 1.58. The van der Waals surface area contributed by atoms with Crippen LogP contribution >= 0.6 is 0 Å². The van der Waals surface area contributed by atoms with Crippen molar-refractivity contribution in [3.05, 3.63) is 0 Å². The highest BCUT2D eigenvalue weighted by atomic mass is 16.3. The van der Waals surface area contributed by atoms with Crippen LogP contribution in [-0.4, -0.2) is 22.7 Å². The van der Waals surface area contributed by atoms with E-state index in [-0.39, 0.29) is 17.6 Å². The maximum Gasteiger partial charge on any atom is 0.222 e. The van der Waals surface area contributed by atoms with Crippen molar-refractivity contribution in [2.75, 3.05) is 0 Å². The van der Waals surface area contributed by atoms with Gasteiger partial charge in [-0.25, -0.2) is 0 Å². The molecule has 3 heteroatoms. The molecule has 0 aromatic heterocycles. The quantitative estimate of drug-likeness (QED) is 0.427. The summed E-state index contributed by atoms with van der Waals surface area (Å²) in [4.78, 5) is 10.4. The Morgan fingerprint density at radius 2 is 2.22 bits per heavy atom. The molecule has 2 N–H and O–H groups in total. The van der Waals surface area contributed by atoms with Crippen LogP contribution in [0.1, 0.15) is 19.3 Å². The number of nitrogens with one attached hydrogen (secondary N) is 1. The third-order valence-corrected chi connectivity index (χ3v) is 2.16. The molecule has 0 unspecified atom stereocenters. The predicted octanol–water partition coefficient (Wildman–Crippen LogP) is -0.600. The molecule has 0 aromatic carbocycles. The van der Waals surface area contributed by atoms with Gasteiger partial charge in [0.2, 0.25) is 5.91 Å². The number of rotatable bonds is 0. The summed E-state index contributed by atoms with van der Waals surface area (Å²) in [5.74, 6) is 0.127. The van der Waals surface area contributed by atoms with Gasteiger partial charge in [-0.1, -0.05) is 0 Å². The molecule has 1 aliphatic heterocycles. The van der Waals surface area contributed by atoms with Gasteiger partial charge in [0.1, 0.15) is 0 Å². The second-order valence-electron chi connectivity index (χ2n) is 3.07. The van der Waals surface area contributed by atoms with Crippen molar-refractivity contribution in [3.63, 3.8) is 0 Å². The zero-order chi connectivity index (χ0) is 6.48. The van der Waals surface area contributed by atoms with Gasteiger partial charge in [0.05, 0.1) is 11.6 Å². The Labute approximate surface area is 53.1 Å². The lowest BCUT2D eigenvalue weighted by Gasteiger charge is -2.51. The highest BCUT2D eigenvalue weighted by molar-refractivity contribution is 5.85. The molecule has 1 saturated heterocycles. The van der Waals surface area contributed by atoms with Crippen LogP contribution in [0, 0.1) is 0 Å². The second-order valence-corrected chi connectivity index (χ2v) is 3.07. The highest BCUT2D eigenvalue weighted by Gasteiger charge is 2.51. The molecule has 1 amide bonds. The minimum atomic E-state index is -0.161. The number of β-lactam (4-membered cyclic amide) rings is 1. The summed E-state index contributed by atoms with van der Waals surface area (Å²) < 4.78 is 0. The molecular weight excluding hydrogens is 118 g/mol. The monoisotopic (exact) mass is 127 g/mol.